The molecule has 0 aliphatic carbocycles. The summed E-state index contributed by atoms with van der Waals surface area (Å²) in [6, 6.07) is 14.6. The molecular weight excluding hydrogens is 368 g/mol. The highest BCUT2D eigenvalue weighted by Crippen LogP contribution is 2.32. The summed E-state index contributed by atoms with van der Waals surface area (Å²) in [6.07, 6.45) is 0.623. The second kappa shape index (κ2) is 7.57. The van der Waals surface area contributed by atoms with Gasteiger partial charge in [-0.3, -0.25) is 4.79 Å². The summed E-state index contributed by atoms with van der Waals surface area (Å²) in [5.74, 6) is 0. The fourth-order valence-corrected chi connectivity index (χ4v) is 5.08. The Hall–Kier alpha value is -2.22. The third-order valence-corrected chi connectivity index (χ3v) is 7.13. The molecule has 26 heavy (non-hydrogen) atoms. The smallest absolute Gasteiger partial charge is 0.251 e. The van der Waals surface area contributed by atoms with Crippen molar-refractivity contribution in [2.45, 2.75) is 31.0 Å². The van der Waals surface area contributed by atoms with Gasteiger partial charge >= 0.3 is 0 Å². The lowest BCUT2D eigenvalue weighted by atomic mass is 10.1. The van der Waals surface area contributed by atoms with E-state index in [4.69, 9.17) is 0 Å². The zero-order chi connectivity index (χ0) is 18.7. The number of hydrogen-bond acceptors (Lipinski definition) is 4. The van der Waals surface area contributed by atoms with E-state index in [1.165, 1.54) is 11.3 Å². The van der Waals surface area contributed by atoms with Gasteiger partial charge in [0.2, 0.25) is 10.0 Å². The summed E-state index contributed by atoms with van der Waals surface area (Å²) in [5, 5.41) is 0. The van der Waals surface area contributed by atoms with E-state index in [1.807, 2.05) is 50.2 Å². The van der Waals surface area contributed by atoms with E-state index < -0.39 is 10.0 Å². The lowest BCUT2D eigenvalue weighted by Gasteiger charge is -2.06. The summed E-state index contributed by atoms with van der Waals surface area (Å²) in [7, 11) is -3.59. The van der Waals surface area contributed by atoms with Crippen LogP contribution in [-0.2, 0) is 23.0 Å². The molecule has 0 aliphatic heterocycles. The first-order valence-corrected chi connectivity index (χ1v) is 10.6. The minimum atomic E-state index is -3.59. The standard InChI is InChI=1S/C19H20N2O3S2/c1-3-15-11-16(13(2)21-19(15)22)17-9-10-18(25-17)26(23,24)20-12-14-7-5-4-6-8-14/h4-11,20H,3,12H2,1-2H3,(H,21,22). The Balaban J connectivity index is 1.86. The van der Waals surface area contributed by atoms with Gasteiger partial charge in [-0.1, -0.05) is 37.3 Å². The van der Waals surface area contributed by atoms with Gasteiger partial charge in [0.25, 0.3) is 5.56 Å². The average molecular weight is 389 g/mol. The van der Waals surface area contributed by atoms with E-state index in [9.17, 15) is 13.2 Å². The molecule has 0 spiro atoms. The number of aromatic amines is 1. The lowest BCUT2D eigenvalue weighted by molar-refractivity contribution is 0.583. The zero-order valence-corrected chi connectivity index (χ0v) is 16.2. The van der Waals surface area contributed by atoms with Gasteiger partial charge < -0.3 is 4.98 Å². The predicted octanol–water partition coefficient (Wildman–Crippen LogP) is 3.45. The van der Waals surface area contributed by atoms with Crippen LogP contribution < -0.4 is 10.3 Å². The highest BCUT2D eigenvalue weighted by atomic mass is 32.2. The fourth-order valence-electron chi connectivity index (χ4n) is 2.64. The highest BCUT2D eigenvalue weighted by molar-refractivity contribution is 7.91. The number of sulfonamides is 1. The Kier molecular flexibility index (Phi) is 5.41. The molecule has 3 aromatic rings. The molecule has 0 fully saturated rings. The molecule has 0 amide bonds. The van der Waals surface area contributed by atoms with Gasteiger partial charge in [-0.2, -0.15) is 0 Å². The van der Waals surface area contributed by atoms with Crippen molar-refractivity contribution in [3.63, 3.8) is 0 Å². The SMILES string of the molecule is CCc1cc(-c2ccc(S(=O)(=O)NCc3ccccc3)s2)c(C)[nH]c1=O. The summed E-state index contributed by atoms with van der Waals surface area (Å²) in [4.78, 5) is 15.5. The van der Waals surface area contributed by atoms with Crippen LogP contribution in [0.4, 0.5) is 0 Å². The summed E-state index contributed by atoms with van der Waals surface area (Å²) >= 11 is 1.19. The van der Waals surface area contributed by atoms with Crippen molar-refractivity contribution < 1.29 is 8.42 Å². The van der Waals surface area contributed by atoms with Gasteiger partial charge in [0.05, 0.1) is 0 Å². The van der Waals surface area contributed by atoms with Crippen LogP contribution >= 0.6 is 11.3 Å². The Morgan fingerprint density at radius 1 is 1.12 bits per heavy atom. The predicted molar refractivity (Wildman–Crippen MR) is 105 cm³/mol. The number of H-pyrrole nitrogens is 1. The lowest BCUT2D eigenvalue weighted by Crippen LogP contribution is -2.22. The van der Waals surface area contributed by atoms with Crippen molar-refractivity contribution in [3.05, 3.63) is 75.7 Å². The number of aryl methyl sites for hydroxylation is 2. The first-order valence-electron chi connectivity index (χ1n) is 8.27. The molecule has 0 unspecified atom stereocenters. The van der Waals surface area contributed by atoms with Gasteiger partial charge in [-0.05, 0) is 37.1 Å². The van der Waals surface area contributed by atoms with E-state index in [1.54, 1.807) is 12.1 Å². The summed E-state index contributed by atoms with van der Waals surface area (Å²) in [6.45, 7) is 3.98. The second-order valence-electron chi connectivity index (χ2n) is 5.94. The molecule has 0 saturated heterocycles. The van der Waals surface area contributed by atoms with Gasteiger partial charge in [-0.25, -0.2) is 13.1 Å². The molecule has 0 aliphatic rings. The molecule has 2 aromatic heterocycles. The Bertz CT molecular complexity index is 1070. The number of thiophene rings is 1. The van der Waals surface area contributed by atoms with Crippen LogP contribution in [0, 0.1) is 6.92 Å². The normalized spacial score (nSPS) is 11.6. The second-order valence-corrected chi connectivity index (χ2v) is 9.02. The number of pyridine rings is 1. The molecule has 3 rings (SSSR count). The molecule has 7 heteroatoms. The average Bonchev–Trinajstić information content (AvgIpc) is 3.12. The first kappa shape index (κ1) is 18.6. The van der Waals surface area contributed by atoms with Crippen molar-refractivity contribution in [3.8, 4) is 10.4 Å². The van der Waals surface area contributed by atoms with Gasteiger partial charge in [0.1, 0.15) is 4.21 Å². The highest BCUT2D eigenvalue weighted by Gasteiger charge is 2.18. The Morgan fingerprint density at radius 3 is 2.54 bits per heavy atom. The molecular formula is C19H20N2O3S2. The van der Waals surface area contributed by atoms with Crippen molar-refractivity contribution >= 4 is 21.4 Å². The van der Waals surface area contributed by atoms with Crippen LogP contribution in [0.25, 0.3) is 10.4 Å². The number of rotatable bonds is 6. The van der Waals surface area contributed by atoms with E-state index >= 15 is 0 Å². The van der Waals surface area contributed by atoms with E-state index in [0.29, 0.717) is 12.0 Å². The minimum Gasteiger partial charge on any atom is -0.326 e. The van der Waals surface area contributed by atoms with Crippen molar-refractivity contribution in [1.29, 1.82) is 0 Å². The number of benzene rings is 1. The topological polar surface area (TPSA) is 79.0 Å². The number of hydrogen-bond donors (Lipinski definition) is 2. The summed E-state index contributed by atoms with van der Waals surface area (Å²) < 4.78 is 28.0. The molecule has 2 heterocycles. The van der Waals surface area contributed by atoms with E-state index in [2.05, 4.69) is 9.71 Å². The van der Waals surface area contributed by atoms with Crippen LogP contribution in [0.5, 0.6) is 0 Å². The first-order chi connectivity index (χ1) is 12.4. The zero-order valence-electron chi connectivity index (χ0n) is 14.6. The quantitative estimate of drug-likeness (QED) is 0.679. The molecule has 1 aromatic carbocycles. The third kappa shape index (κ3) is 3.95. The van der Waals surface area contributed by atoms with E-state index in [-0.39, 0.29) is 16.3 Å². The minimum absolute atomic E-state index is 0.0947. The van der Waals surface area contributed by atoms with Crippen LogP contribution in [0.2, 0.25) is 0 Å². The third-order valence-electron chi connectivity index (χ3n) is 4.12. The molecule has 0 saturated carbocycles. The monoisotopic (exact) mass is 388 g/mol. The molecule has 0 atom stereocenters. The fraction of sp³-hybridized carbons (Fsp3) is 0.211. The Morgan fingerprint density at radius 2 is 1.85 bits per heavy atom. The van der Waals surface area contributed by atoms with Crippen LogP contribution in [0.1, 0.15) is 23.7 Å². The largest absolute Gasteiger partial charge is 0.326 e. The van der Waals surface area contributed by atoms with Crippen molar-refractivity contribution in [2.24, 2.45) is 0 Å². The Labute approximate surface area is 156 Å². The number of aromatic nitrogens is 1. The maximum atomic E-state index is 12.6. The van der Waals surface area contributed by atoms with E-state index in [0.717, 1.165) is 21.7 Å². The molecule has 136 valence electrons. The van der Waals surface area contributed by atoms with Crippen LogP contribution in [0.15, 0.2) is 57.5 Å². The van der Waals surface area contributed by atoms with Gasteiger partial charge in [0, 0.05) is 28.2 Å². The maximum Gasteiger partial charge on any atom is 0.251 e. The van der Waals surface area contributed by atoms with Gasteiger partial charge in [0.15, 0.2) is 0 Å². The van der Waals surface area contributed by atoms with Crippen molar-refractivity contribution in [1.82, 2.24) is 9.71 Å². The van der Waals surface area contributed by atoms with Gasteiger partial charge in [-0.15, -0.1) is 11.3 Å². The number of nitrogens with one attached hydrogen (secondary N) is 2. The van der Waals surface area contributed by atoms with Crippen LogP contribution in [0.3, 0.4) is 0 Å². The molecule has 5 nitrogen and oxygen atoms in total. The van der Waals surface area contributed by atoms with Crippen LogP contribution in [-0.4, -0.2) is 13.4 Å². The molecule has 0 radical (unpaired) electrons. The summed E-state index contributed by atoms with van der Waals surface area (Å²) in [5.41, 5.74) is 3.08. The van der Waals surface area contributed by atoms with Crippen molar-refractivity contribution in [2.75, 3.05) is 0 Å². The molecule has 0 bridgehead atoms. The maximum absolute atomic E-state index is 12.6. The molecule has 2 N–H and O–H groups in total.